The summed E-state index contributed by atoms with van der Waals surface area (Å²) >= 11 is 0. The number of hydrogen-bond acceptors (Lipinski definition) is 4. The van der Waals surface area contributed by atoms with Crippen LogP contribution in [0.1, 0.15) is 29.8 Å². The number of carbonyl (C=O) groups excluding carboxylic acids is 1. The molecule has 0 saturated carbocycles. The lowest BCUT2D eigenvalue weighted by Gasteiger charge is -2.41. The molecule has 3 heterocycles. The number of nitrogens with zero attached hydrogens (tertiary/aromatic N) is 4. The first-order valence-electron chi connectivity index (χ1n) is 11.2. The molecule has 1 amide bonds. The predicted octanol–water partition coefficient (Wildman–Crippen LogP) is 3.95. The first-order chi connectivity index (χ1) is 16.6. The molecule has 5 rings (SSSR count). The van der Waals surface area contributed by atoms with Crippen LogP contribution in [0.3, 0.4) is 0 Å². The standard InChI is InChI=1S/C24H22F5N5O/c25-18-9-15(10-19(26)11-18)13-33-7-5-23(6-8-33)12-20-30-22(32-34(20)14-21(35)31-23)16-1-3-17(4-2-16)24(27,28)29/h1-4,9-11H,5-8,12-14H2,(H,31,35). The topological polar surface area (TPSA) is 63.1 Å². The summed E-state index contributed by atoms with van der Waals surface area (Å²) in [6, 6.07) is 8.07. The summed E-state index contributed by atoms with van der Waals surface area (Å²) in [5.41, 5.74) is -0.318. The van der Waals surface area contributed by atoms with Crippen molar-refractivity contribution in [3.8, 4) is 11.4 Å². The zero-order valence-electron chi connectivity index (χ0n) is 18.6. The van der Waals surface area contributed by atoms with Crippen molar-refractivity contribution < 1.29 is 26.7 Å². The Morgan fingerprint density at radius 3 is 2.29 bits per heavy atom. The second kappa shape index (κ2) is 8.71. The van der Waals surface area contributed by atoms with Crippen molar-refractivity contribution >= 4 is 5.91 Å². The van der Waals surface area contributed by atoms with Crippen LogP contribution in [0.5, 0.6) is 0 Å². The van der Waals surface area contributed by atoms with Crippen molar-refractivity contribution in [2.24, 2.45) is 0 Å². The first-order valence-corrected chi connectivity index (χ1v) is 11.2. The lowest BCUT2D eigenvalue weighted by molar-refractivity contribution is -0.137. The van der Waals surface area contributed by atoms with Crippen LogP contribution in [0.4, 0.5) is 22.0 Å². The number of hydrogen-bond donors (Lipinski definition) is 1. The highest BCUT2D eigenvalue weighted by molar-refractivity contribution is 5.77. The molecule has 1 N–H and O–H groups in total. The molecule has 1 aromatic heterocycles. The molecular weight excluding hydrogens is 469 g/mol. The fraction of sp³-hybridized carbons (Fsp3) is 0.375. The minimum absolute atomic E-state index is 0.0308. The largest absolute Gasteiger partial charge is 0.416 e. The predicted molar refractivity (Wildman–Crippen MR) is 116 cm³/mol. The van der Waals surface area contributed by atoms with Crippen LogP contribution < -0.4 is 5.32 Å². The lowest BCUT2D eigenvalue weighted by atomic mass is 9.84. The maximum Gasteiger partial charge on any atom is 0.416 e. The van der Waals surface area contributed by atoms with Gasteiger partial charge in [0.05, 0.1) is 5.56 Å². The highest BCUT2D eigenvalue weighted by atomic mass is 19.4. The summed E-state index contributed by atoms with van der Waals surface area (Å²) < 4.78 is 67.1. The van der Waals surface area contributed by atoms with Gasteiger partial charge in [0.25, 0.3) is 0 Å². The van der Waals surface area contributed by atoms with Gasteiger partial charge in [-0.3, -0.25) is 9.69 Å². The molecule has 2 aliphatic heterocycles. The molecule has 1 spiro atoms. The van der Waals surface area contributed by atoms with Gasteiger partial charge in [-0.25, -0.2) is 18.4 Å². The van der Waals surface area contributed by atoms with Gasteiger partial charge in [-0.1, -0.05) is 12.1 Å². The maximum atomic E-state index is 13.5. The zero-order valence-corrected chi connectivity index (χ0v) is 18.6. The van der Waals surface area contributed by atoms with Crippen LogP contribution in [0.2, 0.25) is 0 Å². The highest BCUT2D eigenvalue weighted by Gasteiger charge is 2.40. The number of alkyl halides is 3. The molecule has 3 aromatic rings. The van der Waals surface area contributed by atoms with Crippen LogP contribution in [-0.2, 0) is 30.5 Å². The fourth-order valence-electron chi connectivity index (χ4n) is 4.78. The Bertz CT molecular complexity index is 1230. The average molecular weight is 491 g/mol. The number of amides is 1. The molecule has 184 valence electrons. The number of rotatable bonds is 3. The summed E-state index contributed by atoms with van der Waals surface area (Å²) in [5, 5.41) is 7.47. The summed E-state index contributed by atoms with van der Waals surface area (Å²) in [7, 11) is 0. The minimum atomic E-state index is -4.43. The number of likely N-dealkylation sites (tertiary alicyclic amines) is 1. The van der Waals surface area contributed by atoms with Crippen LogP contribution >= 0.6 is 0 Å². The normalized spacial score (nSPS) is 18.3. The van der Waals surface area contributed by atoms with E-state index in [-0.39, 0.29) is 18.3 Å². The molecule has 0 radical (unpaired) electrons. The summed E-state index contributed by atoms with van der Waals surface area (Å²) in [6.07, 6.45) is -2.79. The van der Waals surface area contributed by atoms with Crippen molar-refractivity contribution in [3.05, 3.63) is 71.1 Å². The molecule has 0 atom stereocenters. The Labute approximate surface area is 197 Å². The Balaban J connectivity index is 1.31. The summed E-state index contributed by atoms with van der Waals surface area (Å²) in [4.78, 5) is 19.3. The molecule has 2 aromatic carbocycles. The smallest absolute Gasteiger partial charge is 0.349 e. The first kappa shape index (κ1) is 23.4. The van der Waals surface area contributed by atoms with E-state index in [4.69, 9.17) is 0 Å². The van der Waals surface area contributed by atoms with Gasteiger partial charge in [0.15, 0.2) is 5.82 Å². The second-order valence-corrected chi connectivity index (χ2v) is 9.14. The Morgan fingerprint density at radius 2 is 1.66 bits per heavy atom. The molecule has 0 aliphatic carbocycles. The number of halogens is 5. The van der Waals surface area contributed by atoms with E-state index in [1.54, 1.807) is 0 Å². The quantitative estimate of drug-likeness (QED) is 0.564. The Kier molecular flexibility index (Phi) is 5.82. The molecule has 35 heavy (non-hydrogen) atoms. The van der Waals surface area contributed by atoms with E-state index in [0.29, 0.717) is 55.8 Å². The molecule has 0 unspecified atom stereocenters. The molecular formula is C24H22F5N5O. The zero-order chi connectivity index (χ0) is 24.8. The third kappa shape index (κ3) is 5.04. The SMILES string of the molecule is O=C1Cn2nc(-c3ccc(C(F)(F)F)cc3)nc2CC2(CCN(Cc3cc(F)cc(F)c3)CC2)N1. The highest BCUT2D eigenvalue weighted by Crippen LogP contribution is 2.32. The van der Waals surface area contributed by atoms with E-state index >= 15 is 0 Å². The van der Waals surface area contributed by atoms with Gasteiger partial charge in [-0.05, 0) is 42.7 Å². The van der Waals surface area contributed by atoms with Gasteiger partial charge in [-0.15, -0.1) is 0 Å². The molecule has 11 heteroatoms. The number of carbonyl (C=O) groups is 1. The van der Waals surface area contributed by atoms with Crippen molar-refractivity contribution in [2.75, 3.05) is 13.1 Å². The van der Waals surface area contributed by atoms with Crippen LogP contribution in [0.25, 0.3) is 11.4 Å². The van der Waals surface area contributed by atoms with Gasteiger partial charge >= 0.3 is 6.18 Å². The number of fused-ring (bicyclic) bond motifs is 1. The van der Waals surface area contributed by atoms with Crippen molar-refractivity contribution in [1.82, 2.24) is 25.0 Å². The van der Waals surface area contributed by atoms with E-state index < -0.39 is 28.9 Å². The van der Waals surface area contributed by atoms with E-state index in [1.165, 1.54) is 28.9 Å². The molecule has 2 aliphatic rings. The number of nitrogens with one attached hydrogen (secondary N) is 1. The summed E-state index contributed by atoms with van der Waals surface area (Å²) in [6.45, 7) is 1.58. The van der Waals surface area contributed by atoms with Crippen molar-refractivity contribution in [2.45, 2.75) is 44.1 Å². The van der Waals surface area contributed by atoms with Gasteiger partial charge < -0.3 is 5.32 Å². The number of benzene rings is 2. The number of aromatic nitrogens is 3. The average Bonchev–Trinajstić information content (AvgIpc) is 3.10. The van der Waals surface area contributed by atoms with Crippen LogP contribution in [-0.4, -0.2) is 44.2 Å². The Hall–Kier alpha value is -3.34. The lowest BCUT2D eigenvalue weighted by Crippen LogP contribution is -2.56. The van der Waals surface area contributed by atoms with Gasteiger partial charge in [-0.2, -0.15) is 18.3 Å². The van der Waals surface area contributed by atoms with E-state index in [0.717, 1.165) is 18.2 Å². The van der Waals surface area contributed by atoms with Crippen LogP contribution in [0.15, 0.2) is 42.5 Å². The molecule has 6 nitrogen and oxygen atoms in total. The maximum absolute atomic E-state index is 13.5. The van der Waals surface area contributed by atoms with Crippen molar-refractivity contribution in [1.29, 1.82) is 0 Å². The van der Waals surface area contributed by atoms with Gasteiger partial charge in [0.2, 0.25) is 5.91 Å². The van der Waals surface area contributed by atoms with E-state index in [2.05, 4.69) is 20.3 Å². The van der Waals surface area contributed by atoms with Gasteiger partial charge in [0, 0.05) is 43.2 Å². The van der Waals surface area contributed by atoms with Crippen LogP contribution in [0, 0.1) is 11.6 Å². The van der Waals surface area contributed by atoms with E-state index in [1.807, 2.05) is 0 Å². The van der Waals surface area contributed by atoms with Crippen molar-refractivity contribution in [3.63, 3.8) is 0 Å². The monoisotopic (exact) mass is 491 g/mol. The third-order valence-electron chi connectivity index (χ3n) is 6.55. The minimum Gasteiger partial charge on any atom is -0.349 e. The molecule has 0 bridgehead atoms. The Morgan fingerprint density at radius 1 is 1.00 bits per heavy atom. The molecule has 1 fully saturated rings. The second-order valence-electron chi connectivity index (χ2n) is 9.14. The fourth-order valence-corrected chi connectivity index (χ4v) is 4.78. The number of piperidine rings is 1. The summed E-state index contributed by atoms with van der Waals surface area (Å²) in [5.74, 6) is -0.600. The molecule has 1 saturated heterocycles. The third-order valence-corrected chi connectivity index (χ3v) is 6.55. The van der Waals surface area contributed by atoms with Gasteiger partial charge in [0.1, 0.15) is 24.0 Å². The van der Waals surface area contributed by atoms with E-state index in [9.17, 15) is 26.7 Å².